The molecule has 2 aromatic heterocycles. The molecule has 0 saturated carbocycles. The molecular formula is C22H24N6O. The zero-order valence-electron chi connectivity index (χ0n) is 16.7. The Bertz CT molecular complexity index is 999. The van der Waals surface area contributed by atoms with Crippen LogP contribution in [0.2, 0.25) is 0 Å². The molecule has 4 rings (SSSR count). The fourth-order valence-electron chi connectivity index (χ4n) is 3.43. The van der Waals surface area contributed by atoms with E-state index in [0.29, 0.717) is 24.7 Å². The molecule has 29 heavy (non-hydrogen) atoms. The monoisotopic (exact) mass is 388 g/mol. The number of aryl methyl sites for hydroxylation is 2. The molecule has 1 fully saturated rings. The Hall–Kier alpha value is -3.48. The van der Waals surface area contributed by atoms with Crippen molar-refractivity contribution >= 4 is 23.4 Å². The van der Waals surface area contributed by atoms with E-state index < -0.39 is 0 Å². The third-order valence-corrected chi connectivity index (χ3v) is 4.89. The molecule has 1 aliphatic heterocycles. The first-order chi connectivity index (χ1) is 14.1. The molecule has 3 heterocycles. The van der Waals surface area contributed by atoms with Crippen LogP contribution in [0.25, 0.3) is 0 Å². The van der Waals surface area contributed by atoms with Crippen molar-refractivity contribution < 1.29 is 4.79 Å². The van der Waals surface area contributed by atoms with Gasteiger partial charge in [-0.2, -0.15) is 0 Å². The van der Waals surface area contributed by atoms with Crippen molar-refractivity contribution in [2.24, 2.45) is 0 Å². The van der Waals surface area contributed by atoms with Gasteiger partial charge in [0.05, 0.1) is 0 Å². The van der Waals surface area contributed by atoms with Crippen LogP contribution in [-0.4, -0.2) is 51.9 Å². The van der Waals surface area contributed by atoms with Crippen LogP contribution in [0.15, 0.2) is 54.7 Å². The lowest BCUT2D eigenvalue weighted by molar-refractivity contribution is 0.0740. The summed E-state index contributed by atoms with van der Waals surface area (Å²) < 4.78 is 0. The van der Waals surface area contributed by atoms with E-state index in [4.69, 9.17) is 0 Å². The van der Waals surface area contributed by atoms with Crippen molar-refractivity contribution in [1.29, 1.82) is 0 Å². The van der Waals surface area contributed by atoms with E-state index in [-0.39, 0.29) is 5.91 Å². The summed E-state index contributed by atoms with van der Waals surface area (Å²) >= 11 is 0. The number of hydrogen-bond donors (Lipinski definition) is 1. The summed E-state index contributed by atoms with van der Waals surface area (Å²) in [7, 11) is 0. The van der Waals surface area contributed by atoms with Gasteiger partial charge in [0.2, 0.25) is 5.95 Å². The van der Waals surface area contributed by atoms with Gasteiger partial charge < -0.3 is 15.1 Å². The quantitative estimate of drug-likeness (QED) is 0.740. The van der Waals surface area contributed by atoms with Gasteiger partial charge in [-0.1, -0.05) is 18.2 Å². The predicted molar refractivity (Wildman–Crippen MR) is 114 cm³/mol. The highest BCUT2D eigenvalue weighted by Crippen LogP contribution is 2.17. The Balaban J connectivity index is 1.45. The normalized spacial score (nSPS) is 14.0. The molecule has 0 aliphatic carbocycles. The number of aromatic nitrogens is 3. The molecule has 7 nitrogen and oxygen atoms in total. The molecular weight excluding hydrogens is 364 g/mol. The Morgan fingerprint density at radius 1 is 0.966 bits per heavy atom. The van der Waals surface area contributed by atoms with E-state index in [2.05, 4.69) is 25.2 Å². The largest absolute Gasteiger partial charge is 0.353 e. The second kappa shape index (κ2) is 8.26. The molecule has 7 heteroatoms. The molecule has 1 aliphatic rings. The first-order valence-corrected chi connectivity index (χ1v) is 9.73. The summed E-state index contributed by atoms with van der Waals surface area (Å²) in [6.07, 6.45) is 1.79. The number of carbonyl (C=O) groups is 1. The molecule has 0 radical (unpaired) electrons. The van der Waals surface area contributed by atoms with Crippen LogP contribution < -0.4 is 10.2 Å². The number of piperazine rings is 1. The molecule has 0 bridgehead atoms. The van der Waals surface area contributed by atoms with Gasteiger partial charge in [0.15, 0.2) is 0 Å². The van der Waals surface area contributed by atoms with E-state index in [9.17, 15) is 4.79 Å². The first-order valence-electron chi connectivity index (χ1n) is 9.73. The number of nitrogens with zero attached hydrogens (tertiary/aromatic N) is 5. The lowest BCUT2D eigenvalue weighted by Gasteiger charge is -2.35. The van der Waals surface area contributed by atoms with Crippen molar-refractivity contribution in [2.75, 3.05) is 36.4 Å². The van der Waals surface area contributed by atoms with Crippen LogP contribution in [0.3, 0.4) is 0 Å². The zero-order valence-corrected chi connectivity index (χ0v) is 16.7. The van der Waals surface area contributed by atoms with Gasteiger partial charge in [-0.3, -0.25) is 4.79 Å². The summed E-state index contributed by atoms with van der Waals surface area (Å²) in [6.45, 7) is 6.68. The minimum Gasteiger partial charge on any atom is -0.353 e. The fraction of sp³-hybridized carbons (Fsp3) is 0.273. The van der Waals surface area contributed by atoms with Gasteiger partial charge in [0.1, 0.15) is 11.5 Å². The van der Waals surface area contributed by atoms with Gasteiger partial charge in [-0.05, 0) is 49.7 Å². The summed E-state index contributed by atoms with van der Waals surface area (Å²) in [4.78, 5) is 30.4. The van der Waals surface area contributed by atoms with Crippen molar-refractivity contribution in [2.45, 2.75) is 13.8 Å². The Morgan fingerprint density at radius 3 is 2.52 bits per heavy atom. The highest BCUT2D eigenvalue weighted by molar-refractivity contribution is 5.93. The molecule has 1 amide bonds. The predicted octanol–water partition coefficient (Wildman–Crippen LogP) is 3.19. The molecule has 0 unspecified atom stereocenters. The maximum Gasteiger partial charge on any atom is 0.272 e. The van der Waals surface area contributed by atoms with Crippen molar-refractivity contribution in [3.05, 3.63) is 71.7 Å². The van der Waals surface area contributed by atoms with Gasteiger partial charge in [0.25, 0.3) is 5.91 Å². The van der Waals surface area contributed by atoms with Gasteiger partial charge in [-0.25, -0.2) is 15.0 Å². The number of benzene rings is 1. The lowest BCUT2D eigenvalue weighted by Crippen LogP contribution is -2.49. The van der Waals surface area contributed by atoms with Crippen LogP contribution in [0, 0.1) is 13.8 Å². The summed E-state index contributed by atoms with van der Waals surface area (Å²) in [5.41, 5.74) is 3.22. The minimum absolute atomic E-state index is 0.0662. The Morgan fingerprint density at radius 2 is 1.79 bits per heavy atom. The third-order valence-electron chi connectivity index (χ3n) is 4.89. The maximum atomic E-state index is 13.0. The average molecular weight is 388 g/mol. The van der Waals surface area contributed by atoms with Crippen LogP contribution in [0.1, 0.15) is 21.7 Å². The molecule has 0 atom stereocenters. The standard InChI is InChI=1S/C22H24N6O/c1-16-6-5-7-18(14-16)25-22-24-17(2)15-19(26-22)21(29)28-12-10-27(11-13-28)20-8-3-4-9-23-20/h3-9,14-15H,10-13H2,1-2H3,(H,24,25,26). The van der Waals surface area contributed by atoms with Gasteiger partial charge >= 0.3 is 0 Å². The van der Waals surface area contributed by atoms with Crippen molar-refractivity contribution in [3.8, 4) is 0 Å². The lowest BCUT2D eigenvalue weighted by atomic mass is 10.2. The summed E-state index contributed by atoms with van der Waals surface area (Å²) in [5.74, 6) is 1.32. The highest BCUT2D eigenvalue weighted by Gasteiger charge is 2.24. The molecule has 148 valence electrons. The van der Waals surface area contributed by atoms with Crippen molar-refractivity contribution in [3.63, 3.8) is 0 Å². The number of amides is 1. The smallest absolute Gasteiger partial charge is 0.272 e. The third kappa shape index (κ3) is 4.51. The summed E-state index contributed by atoms with van der Waals surface area (Å²) in [6, 6.07) is 15.6. The maximum absolute atomic E-state index is 13.0. The zero-order chi connectivity index (χ0) is 20.2. The second-order valence-electron chi connectivity index (χ2n) is 7.18. The Kier molecular flexibility index (Phi) is 5.37. The highest BCUT2D eigenvalue weighted by atomic mass is 16.2. The number of hydrogen-bond acceptors (Lipinski definition) is 6. The molecule has 1 aromatic carbocycles. The molecule has 3 aromatic rings. The molecule has 0 spiro atoms. The van der Waals surface area contributed by atoms with E-state index in [1.165, 1.54) is 0 Å². The van der Waals surface area contributed by atoms with Crippen LogP contribution in [-0.2, 0) is 0 Å². The van der Waals surface area contributed by atoms with E-state index >= 15 is 0 Å². The molecule has 1 saturated heterocycles. The number of anilines is 3. The van der Waals surface area contributed by atoms with Crippen molar-refractivity contribution in [1.82, 2.24) is 19.9 Å². The van der Waals surface area contributed by atoms with E-state index in [1.807, 2.05) is 61.2 Å². The van der Waals surface area contributed by atoms with Gasteiger partial charge in [0, 0.05) is 43.8 Å². The van der Waals surface area contributed by atoms with Crippen LogP contribution in [0.5, 0.6) is 0 Å². The van der Waals surface area contributed by atoms with E-state index in [0.717, 1.165) is 35.9 Å². The topological polar surface area (TPSA) is 74.2 Å². The Labute approximate surface area is 170 Å². The average Bonchev–Trinajstić information content (AvgIpc) is 2.73. The minimum atomic E-state index is -0.0662. The number of carbonyl (C=O) groups excluding carboxylic acids is 1. The summed E-state index contributed by atoms with van der Waals surface area (Å²) in [5, 5.41) is 3.20. The second-order valence-corrected chi connectivity index (χ2v) is 7.18. The van der Waals surface area contributed by atoms with Crippen LogP contribution in [0.4, 0.5) is 17.5 Å². The fourth-order valence-corrected chi connectivity index (χ4v) is 3.43. The van der Waals surface area contributed by atoms with Gasteiger partial charge in [-0.15, -0.1) is 0 Å². The van der Waals surface area contributed by atoms with E-state index in [1.54, 1.807) is 12.3 Å². The number of rotatable bonds is 4. The number of pyridine rings is 1. The number of nitrogens with one attached hydrogen (secondary N) is 1. The first kappa shape index (κ1) is 18.9. The SMILES string of the molecule is Cc1cccc(Nc2nc(C)cc(C(=O)N3CCN(c4ccccn4)CC3)n2)c1. The van der Waals surface area contributed by atoms with Crippen LogP contribution >= 0.6 is 0 Å². The molecule has 1 N–H and O–H groups in total.